The fourth-order valence-corrected chi connectivity index (χ4v) is 2.71. The van der Waals surface area contributed by atoms with Crippen LogP contribution < -0.4 is 14.9 Å². The smallest absolute Gasteiger partial charge is 0.343 e. The van der Waals surface area contributed by atoms with Crippen LogP contribution in [0.4, 0.5) is 0 Å². The minimum absolute atomic E-state index is 0.0618. The van der Waals surface area contributed by atoms with Crippen LogP contribution in [0, 0.1) is 0 Å². The van der Waals surface area contributed by atoms with Gasteiger partial charge in [0.05, 0.1) is 19.6 Å². The molecule has 3 rings (SSSR count). The van der Waals surface area contributed by atoms with Gasteiger partial charge in [-0.05, 0) is 36.4 Å². The molecule has 1 heterocycles. The molecule has 0 saturated carbocycles. The van der Waals surface area contributed by atoms with Gasteiger partial charge >= 0.3 is 5.97 Å². The number of fused-ring (bicyclic) bond motifs is 1. The first-order chi connectivity index (χ1) is 12.0. The Morgan fingerprint density at radius 1 is 1.08 bits per heavy atom. The lowest BCUT2D eigenvalue weighted by atomic mass is 10.0. The summed E-state index contributed by atoms with van der Waals surface area (Å²) in [6.45, 7) is 0. The summed E-state index contributed by atoms with van der Waals surface area (Å²) in [4.78, 5) is 24.3. The van der Waals surface area contributed by atoms with Crippen molar-refractivity contribution in [1.82, 2.24) is 0 Å². The Hall–Kier alpha value is -2.99. The number of carbonyl (C=O) groups is 1. The Kier molecular flexibility index (Phi) is 4.37. The molecule has 3 aromatic rings. The molecule has 0 bridgehead atoms. The van der Waals surface area contributed by atoms with E-state index in [0.29, 0.717) is 22.1 Å². The third-order valence-electron chi connectivity index (χ3n) is 3.71. The largest absolute Gasteiger partial charge is 0.493 e. The molecular formula is C18H13ClO6. The molecule has 2 aromatic carbocycles. The lowest BCUT2D eigenvalue weighted by molar-refractivity contribution is 0.0694. The van der Waals surface area contributed by atoms with Crippen molar-refractivity contribution in [3.8, 4) is 22.8 Å². The van der Waals surface area contributed by atoms with E-state index in [4.69, 9.17) is 25.5 Å². The number of halogens is 1. The highest BCUT2D eigenvalue weighted by Gasteiger charge is 2.23. The van der Waals surface area contributed by atoms with Crippen molar-refractivity contribution in [2.45, 2.75) is 0 Å². The highest BCUT2D eigenvalue weighted by molar-refractivity contribution is 6.31. The molecule has 0 atom stereocenters. The van der Waals surface area contributed by atoms with Gasteiger partial charge in [-0.25, -0.2) is 4.79 Å². The molecule has 128 valence electrons. The minimum Gasteiger partial charge on any atom is -0.493 e. The first kappa shape index (κ1) is 16.9. The van der Waals surface area contributed by atoms with Crippen molar-refractivity contribution in [3.63, 3.8) is 0 Å². The summed E-state index contributed by atoms with van der Waals surface area (Å²) in [5.74, 6) is -0.595. The predicted octanol–water partition coefficient (Wildman–Crippen LogP) is 3.83. The van der Waals surface area contributed by atoms with Crippen LogP contribution in [0.2, 0.25) is 5.02 Å². The molecule has 1 aromatic heterocycles. The maximum Gasteiger partial charge on any atom is 0.343 e. The van der Waals surface area contributed by atoms with Crippen LogP contribution in [-0.4, -0.2) is 25.3 Å². The second kappa shape index (κ2) is 6.49. The van der Waals surface area contributed by atoms with Gasteiger partial charge in [0, 0.05) is 10.6 Å². The monoisotopic (exact) mass is 360 g/mol. The number of ether oxygens (including phenoxy) is 2. The molecule has 0 saturated heterocycles. The number of hydrogen-bond acceptors (Lipinski definition) is 5. The van der Waals surface area contributed by atoms with Gasteiger partial charge in [-0.15, -0.1) is 0 Å². The van der Waals surface area contributed by atoms with E-state index in [1.165, 1.54) is 26.4 Å². The first-order valence-corrected chi connectivity index (χ1v) is 7.56. The number of carboxylic acid groups (broad SMARTS) is 1. The zero-order valence-electron chi connectivity index (χ0n) is 13.3. The van der Waals surface area contributed by atoms with Crippen LogP contribution in [0.5, 0.6) is 11.5 Å². The molecule has 0 aliphatic carbocycles. The maximum absolute atomic E-state index is 12.6. The van der Waals surface area contributed by atoms with Crippen LogP contribution in [0.15, 0.2) is 45.6 Å². The average molecular weight is 361 g/mol. The molecule has 25 heavy (non-hydrogen) atoms. The fraction of sp³-hybridized carbons (Fsp3) is 0.111. The number of rotatable bonds is 4. The zero-order valence-corrected chi connectivity index (χ0v) is 14.1. The summed E-state index contributed by atoms with van der Waals surface area (Å²) in [5.41, 5.74) is -0.517. The van der Waals surface area contributed by atoms with Gasteiger partial charge in [0.2, 0.25) is 5.43 Å². The minimum atomic E-state index is -1.39. The number of methoxy groups -OCH3 is 2. The SMILES string of the molecule is COc1ccc(-c2oc3ccc(Cl)cc3c(=O)c2C(=O)O)cc1OC. The molecule has 7 heteroatoms. The van der Waals surface area contributed by atoms with Crippen molar-refractivity contribution >= 4 is 28.5 Å². The normalized spacial score (nSPS) is 10.7. The van der Waals surface area contributed by atoms with Crippen molar-refractivity contribution in [2.24, 2.45) is 0 Å². The highest BCUT2D eigenvalue weighted by Crippen LogP contribution is 2.34. The topological polar surface area (TPSA) is 86.0 Å². The lowest BCUT2D eigenvalue weighted by Gasteiger charge is -2.11. The van der Waals surface area contributed by atoms with Gasteiger partial charge in [-0.2, -0.15) is 0 Å². The molecule has 0 spiro atoms. The molecule has 0 aliphatic rings. The Labute approximate surface area is 147 Å². The number of hydrogen-bond donors (Lipinski definition) is 1. The summed E-state index contributed by atoms with van der Waals surface area (Å²) in [6.07, 6.45) is 0. The van der Waals surface area contributed by atoms with Crippen LogP contribution in [0.1, 0.15) is 10.4 Å². The molecule has 6 nitrogen and oxygen atoms in total. The Morgan fingerprint density at radius 2 is 1.80 bits per heavy atom. The molecule has 0 amide bonds. The second-order valence-electron chi connectivity index (χ2n) is 5.15. The summed E-state index contributed by atoms with van der Waals surface area (Å²) >= 11 is 5.89. The Morgan fingerprint density at radius 3 is 2.44 bits per heavy atom. The third kappa shape index (κ3) is 2.92. The van der Waals surface area contributed by atoms with Crippen LogP contribution in [-0.2, 0) is 0 Å². The van der Waals surface area contributed by atoms with Crippen molar-refractivity contribution < 1.29 is 23.8 Å². The molecule has 0 radical (unpaired) electrons. The summed E-state index contributed by atoms with van der Waals surface area (Å²) in [6, 6.07) is 9.21. The fourth-order valence-electron chi connectivity index (χ4n) is 2.54. The van der Waals surface area contributed by atoms with Crippen molar-refractivity contribution in [2.75, 3.05) is 14.2 Å². The average Bonchev–Trinajstić information content (AvgIpc) is 2.61. The van der Waals surface area contributed by atoms with Crippen LogP contribution in [0.3, 0.4) is 0 Å². The molecule has 0 fully saturated rings. The molecule has 0 aliphatic heterocycles. The summed E-state index contributed by atoms with van der Waals surface area (Å²) < 4.78 is 16.1. The first-order valence-electron chi connectivity index (χ1n) is 7.18. The molecular weight excluding hydrogens is 348 g/mol. The van der Waals surface area contributed by atoms with Gasteiger partial charge < -0.3 is 19.0 Å². The second-order valence-corrected chi connectivity index (χ2v) is 5.59. The lowest BCUT2D eigenvalue weighted by Crippen LogP contribution is -2.16. The van der Waals surface area contributed by atoms with Gasteiger partial charge in [0.1, 0.15) is 5.58 Å². The van der Waals surface area contributed by atoms with Crippen LogP contribution in [0.25, 0.3) is 22.3 Å². The highest BCUT2D eigenvalue weighted by atomic mass is 35.5. The number of carboxylic acids is 1. The van der Waals surface area contributed by atoms with E-state index in [0.717, 1.165) is 0 Å². The van der Waals surface area contributed by atoms with Gasteiger partial charge in [-0.3, -0.25) is 4.79 Å². The molecule has 0 unspecified atom stereocenters. The Bertz CT molecular complexity index is 1040. The van der Waals surface area contributed by atoms with E-state index in [-0.39, 0.29) is 16.7 Å². The van der Waals surface area contributed by atoms with E-state index in [2.05, 4.69) is 0 Å². The van der Waals surface area contributed by atoms with E-state index in [9.17, 15) is 14.7 Å². The van der Waals surface area contributed by atoms with E-state index < -0.39 is 17.0 Å². The number of benzene rings is 2. The molecule has 1 N–H and O–H groups in total. The van der Waals surface area contributed by atoms with Crippen LogP contribution >= 0.6 is 11.6 Å². The van der Waals surface area contributed by atoms with E-state index >= 15 is 0 Å². The van der Waals surface area contributed by atoms with E-state index in [1.54, 1.807) is 24.3 Å². The zero-order chi connectivity index (χ0) is 18.1. The van der Waals surface area contributed by atoms with Gasteiger partial charge in [-0.1, -0.05) is 11.6 Å². The summed E-state index contributed by atoms with van der Waals surface area (Å²) in [7, 11) is 2.94. The van der Waals surface area contributed by atoms with Gasteiger partial charge in [0.15, 0.2) is 22.8 Å². The Balaban J connectivity index is 2.36. The predicted molar refractivity (Wildman–Crippen MR) is 93.0 cm³/mol. The van der Waals surface area contributed by atoms with E-state index in [1.807, 2.05) is 0 Å². The third-order valence-corrected chi connectivity index (χ3v) is 3.95. The van der Waals surface area contributed by atoms with Crippen molar-refractivity contribution in [3.05, 3.63) is 57.2 Å². The van der Waals surface area contributed by atoms with Crippen molar-refractivity contribution in [1.29, 1.82) is 0 Å². The van der Waals surface area contributed by atoms with Gasteiger partial charge in [0.25, 0.3) is 0 Å². The maximum atomic E-state index is 12.6. The summed E-state index contributed by atoms with van der Waals surface area (Å²) in [5, 5.41) is 9.94. The standard InChI is InChI=1S/C18H13ClO6/c1-23-13-5-3-9(7-14(13)24-2)17-15(18(21)22)16(20)11-8-10(19)4-6-12(11)25-17/h3-8H,1-2H3,(H,21,22). The quantitative estimate of drug-likeness (QED) is 0.761. The number of aromatic carboxylic acids is 1.